The maximum Gasteiger partial charge on any atom is 0.287 e. The molecule has 108 valence electrons. The van der Waals surface area contributed by atoms with Crippen LogP contribution in [-0.2, 0) is 0 Å². The smallest absolute Gasteiger partial charge is 0.287 e. The lowest BCUT2D eigenvalue weighted by Gasteiger charge is -2.09. The average molecular weight is 352 g/mol. The number of amides is 1. The minimum absolute atomic E-state index is 0.145. The molecule has 1 N–H and O–H groups in total. The first kappa shape index (κ1) is 14.9. The lowest BCUT2D eigenvalue weighted by Crippen LogP contribution is -2.14. The Labute approximate surface area is 128 Å². The third-order valence-electron chi connectivity index (χ3n) is 2.61. The Balaban J connectivity index is 2.21. The van der Waals surface area contributed by atoms with E-state index in [9.17, 15) is 14.9 Å². The second-order valence-corrected chi connectivity index (χ2v) is 4.87. The summed E-state index contributed by atoms with van der Waals surface area (Å²) in [7, 11) is 1.46. The van der Waals surface area contributed by atoms with Crippen LogP contribution in [0, 0.1) is 10.1 Å². The molecule has 7 nitrogen and oxygen atoms in total. The van der Waals surface area contributed by atoms with Gasteiger partial charge in [0.25, 0.3) is 11.6 Å². The maximum atomic E-state index is 12.2. The molecule has 1 aromatic carbocycles. The molecule has 1 aromatic heterocycles. The van der Waals surface area contributed by atoms with E-state index in [1.54, 1.807) is 18.2 Å². The summed E-state index contributed by atoms with van der Waals surface area (Å²) in [6, 6.07) is 7.64. The molecule has 0 bridgehead atoms. The zero-order chi connectivity index (χ0) is 15.4. The van der Waals surface area contributed by atoms with Crippen LogP contribution in [0.1, 0.15) is 10.4 Å². The van der Waals surface area contributed by atoms with Crippen molar-refractivity contribution in [2.45, 2.75) is 0 Å². The molecule has 0 atom stereocenters. The summed E-state index contributed by atoms with van der Waals surface area (Å²) in [5.41, 5.74) is 0.181. The van der Waals surface area contributed by atoms with E-state index in [0.717, 1.165) is 10.7 Å². The Morgan fingerprint density at radius 1 is 1.38 bits per heavy atom. The molecule has 1 heterocycles. The van der Waals surface area contributed by atoms with E-state index >= 15 is 0 Å². The van der Waals surface area contributed by atoms with Gasteiger partial charge in [0.05, 0.1) is 17.6 Å². The van der Waals surface area contributed by atoms with Crippen LogP contribution in [0.25, 0.3) is 0 Å². The monoisotopic (exact) mass is 351 g/mol. The molecule has 0 radical (unpaired) electrons. The van der Waals surface area contributed by atoms with Crippen molar-refractivity contribution in [1.82, 2.24) is 4.98 Å². The van der Waals surface area contributed by atoms with Gasteiger partial charge in [0.15, 0.2) is 0 Å². The third-order valence-corrected chi connectivity index (χ3v) is 3.10. The van der Waals surface area contributed by atoms with Gasteiger partial charge in [0.2, 0.25) is 0 Å². The highest BCUT2D eigenvalue weighted by Crippen LogP contribution is 2.24. The van der Waals surface area contributed by atoms with Gasteiger partial charge in [0, 0.05) is 10.5 Å². The van der Waals surface area contributed by atoms with Crippen LogP contribution >= 0.6 is 15.9 Å². The second kappa shape index (κ2) is 6.31. The van der Waals surface area contributed by atoms with Gasteiger partial charge in [-0.1, -0.05) is 15.9 Å². The first-order valence-electron chi connectivity index (χ1n) is 5.76. The number of benzene rings is 1. The van der Waals surface area contributed by atoms with E-state index in [0.29, 0.717) is 11.3 Å². The number of anilines is 1. The number of rotatable bonds is 4. The molecule has 2 rings (SSSR count). The Bertz CT molecular complexity index is 688. The molecule has 2 aromatic rings. The molecule has 0 aliphatic rings. The molecule has 0 saturated heterocycles. The van der Waals surface area contributed by atoms with Gasteiger partial charge in [-0.05, 0) is 24.3 Å². The topological polar surface area (TPSA) is 94.4 Å². The number of hydrogen-bond acceptors (Lipinski definition) is 5. The Morgan fingerprint density at radius 2 is 2.14 bits per heavy atom. The molecule has 21 heavy (non-hydrogen) atoms. The van der Waals surface area contributed by atoms with Gasteiger partial charge in [-0.15, -0.1) is 0 Å². The third kappa shape index (κ3) is 3.54. The Morgan fingerprint density at radius 3 is 2.71 bits per heavy atom. The number of nitrogens with one attached hydrogen (secondary N) is 1. The fraction of sp³-hybridized carbons (Fsp3) is 0.0769. The zero-order valence-electron chi connectivity index (χ0n) is 10.9. The molecule has 0 aliphatic heterocycles. The van der Waals surface area contributed by atoms with Crippen molar-refractivity contribution in [3.05, 3.63) is 56.7 Å². The molecule has 0 saturated carbocycles. The van der Waals surface area contributed by atoms with Crippen LogP contribution in [0.5, 0.6) is 5.75 Å². The van der Waals surface area contributed by atoms with E-state index in [2.05, 4.69) is 26.2 Å². The van der Waals surface area contributed by atoms with Crippen molar-refractivity contribution in [3.8, 4) is 5.75 Å². The SMILES string of the molecule is COc1ccc(Br)cc1C(=O)Nc1ccc([N+](=O)[O-])cn1. The lowest BCUT2D eigenvalue weighted by atomic mass is 10.2. The molecule has 0 unspecified atom stereocenters. The molecule has 0 spiro atoms. The number of pyridine rings is 1. The van der Waals surface area contributed by atoms with Crippen LogP contribution < -0.4 is 10.1 Å². The van der Waals surface area contributed by atoms with E-state index in [1.807, 2.05) is 0 Å². The number of ether oxygens (including phenoxy) is 1. The first-order valence-corrected chi connectivity index (χ1v) is 6.56. The molecule has 0 aliphatic carbocycles. The number of carbonyl (C=O) groups is 1. The van der Waals surface area contributed by atoms with Crippen LogP contribution in [0.2, 0.25) is 0 Å². The standard InChI is InChI=1S/C13H10BrN3O4/c1-21-11-4-2-8(14)6-10(11)13(18)16-12-5-3-9(7-15-12)17(19)20/h2-7H,1H3,(H,15,16,18). The highest BCUT2D eigenvalue weighted by atomic mass is 79.9. The number of aromatic nitrogens is 1. The second-order valence-electron chi connectivity index (χ2n) is 3.96. The predicted molar refractivity (Wildman–Crippen MR) is 79.5 cm³/mol. The van der Waals surface area contributed by atoms with Gasteiger partial charge in [-0.3, -0.25) is 14.9 Å². The largest absolute Gasteiger partial charge is 0.496 e. The molecular weight excluding hydrogens is 342 g/mol. The quantitative estimate of drug-likeness (QED) is 0.674. The molecule has 1 amide bonds. The number of nitro groups is 1. The highest BCUT2D eigenvalue weighted by Gasteiger charge is 2.14. The summed E-state index contributed by atoms with van der Waals surface area (Å²) >= 11 is 3.28. The number of methoxy groups -OCH3 is 1. The summed E-state index contributed by atoms with van der Waals surface area (Å²) in [4.78, 5) is 26.0. The van der Waals surface area contributed by atoms with Crippen molar-refractivity contribution in [2.75, 3.05) is 12.4 Å². The van der Waals surface area contributed by atoms with Crippen LogP contribution in [-0.4, -0.2) is 22.9 Å². The normalized spacial score (nSPS) is 10.0. The number of hydrogen-bond donors (Lipinski definition) is 1. The lowest BCUT2D eigenvalue weighted by molar-refractivity contribution is -0.385. The average Bonchev–Trinajstić information content (AvgIpc) is 2.47. The van der Waals surface area contributed by atoms with Gasteiger partial charge in [-0.2, -0.15) is 0 Å². The van der Waals surface area contributed by atoms with Crippen LogP contribution in [0.15, 0.2) is 41.0 Å². The van der Waals surface area contributed by atoms with Crippen LogP contribution in [0.3, 0.4) is 0 Å². The zero-order valence-corrected chi connectivity index (χ0v) is 12.5. The number of halogens is 1. The van der Waals surface area contributed by atoms with Crippen molar-refractivity contribution in [2.24, 2.45) is 0 Å². The molecular formula is C13H10BrN3O4. The summed E-state index contributed by atoms with van der Waals surface area (Å²) in [5.74, 6) is 0.208. The minimum Gasteiger partial charge on any atom is -0.496 e. The fourth-order valence-electron chi connectivity index (χ4n) is 1.61. The van der Waals surface area contributed by atoms with Crippen molar-refractivity contribution in [3.63, 3.8) is 0 Å². The van der Waals surface area contributed by atoms with Gasteiger partial charge in [-0.25, -0.2) is 4.98 Å². The Hall–Kier alpha value is -2.48. The number of nitrogens with zero attached hydrogens (tertiary/aromatic N) is 2. The van der Waals surface area contributed by atoms with Gasteiger partial charge in [0.1, 0.15) is 17.8 Å². The van der Waals surface area contributed by atoms with Crippen LogP contribution in [0.4, 0.5) is 11.5 Å². The van der Waals surface area contributed by atoms with Crippen molar-refractivity contribution >= 4 is 33.3 Å². The molecule has 0 fully saturated rings. The summed E-state index contributed by atoms with van der Waals surface area (Å²) in [5, 5.41) is 13.1. The minimum atomic E-state index is -0.560. The van der Waals surface area contributed by atoms with Gasteiger partial charge >= 0.3 is 0 Å². The first-order chi connectivity index (χ1) is 10.0. The summed E-state index contributed by atoms with van der Waals surface area (Å²) < 4.78 is 5.85. The van der Waals surface area contributed by atoms with Crippen molar-refractivity contribution < 1.29 is 14.5 Å². The summed E-state index contributed by atoms with van der Waals surface area (Å²) in [6.45, 7) is 0. The van der Waals surface area contributed by atoms with E-state index in [4.69, 9.17) is 4.74 Å². The van der Waals surface area contributed by atoms with Crippen molar-refractivity contribution in [1.29, 1.82) is 0 Å². The predicted octanol–water partition coefficient (Wildman–Crippen LogP) is 3.01. The van der Waals surface area contributed by atoms with Gasteiger partial charge < -0.3 is 10.1 Å². The molecule has 8 heteroatoms. The Kier molecular flexibility index (Phi) is 4.49. The highest BCUT2D eigenvalue weighted by molar-refractivity contribution is 9.10. The number of carbonyl (C=O) groups excluding carboxylic acids is 1. The fourth-order valence-corrected chi connectivity index (χ4v) is 1.97. The van der Waals surface area contributed by atoms with E-state index in [-0.39, 0.29) is 11.5 Å². The van der Waals surface area contributed by atoms with E-state index in [1.165, 1.54) is 19.2 Å². The summed E-state index contributed by atoms with van der Waals surface area (Å²) in [6.07, 6.45) is 1.08. The maximum absolute atomic E-state index is 12.2. The van der Waals surface area contributed by atoms with E-state index < -0.39 is 10.8 Å².